The summed E-state index contributed by atoms with van der Waals surface area (Å²) in [5.74, 6) is -0.465. The van der Waals surface area contributed by atoms with Crippen LogP contribution in [-0.2, 0) is 16.9 Å². The van der Waals surface area contributed by atoms with E-state index in [-0.39, 0.29) is 17.1 Å². The lowest BCUT2D eigenvalue weighted by atomic mass is 9.92. The van der Waals surface area contributed by atoms with Gasteiger partial charge in [0, 0.05) is 12.3 Å². The van der Waals surface area contributed by atoms with Crippen molar-refractivity contribution in [1.82, 2.24) is 19.6 Å². The van der Waals surface area contributed by atoms with Crippen molar-refractivity contribution in [3.8, 4) is 0 Å². The van der Waals surface area contributed by atoms with Crippen molar-refractivity contribution in [2.75, 3.05) is 0 Å². The van der Waals surface area contributed by atoms with E-state index in [9.17, 15) is 14.4 Å². The van der Waals surface area contributed by atoms with Crippen LogP contribution in [0.1, 0.15) is 23.7 Å². The summed E-state index contributed by atoms with van der Waals surface area (Å²) in [7, 11) is 0. The quantitative estimate of drug-likeness (QED) is 0.646. The number of carbonyl (C=O) groups excluding carboxylic acids is 2. The molecule has 3 amide bonds. The number of benzene rings is 1. The van der Waals surface area contributed by atoms with Gasteiger partial charge in [-0.2, -0.15) is 0 Å². The Hall–Kier alpha value is -2.90. The number of imide groups is 1. The van der Waals surface area contributed by atoms with Gasteiger partial charge in [-0.1, -0.05) is 35.3 Å². The summed E-state index contributed by atoms with van der Waals surface area (Å²) in [6.45, 7) is 3.31. The molecule has 0 aliphatic carbocycles. The summed E-state index contributed by atoms with van der Waals surface area (Å²) in [6.07, 6.45) is 1.62. The molecule has 0 spiro atoms. The zero-order valence-corrected chi connectivity index (χ0v) is 17.1. The van der Waals surface area contributed by atoms with Crippen LogP contribution in [0.4, 0.5) is 4.79 Å². The van der Waals surface area contributed by atoms with Crippen molar-refractivity contribution in [3.05, 3.63) is 79.8 Å². The minimum absolute atomic E-state index is 0.123. The Labute approximate surface area is 175 Å². The highest BCUT2D eigenvalue weighted by atomic mass is 35.5. The molecule has 3 heterocycles. The van der Waals surface area contributed by atoms with E-state index >= 15 is 0 Å². The number of nitrogens with one attached hydrogen (secondary N) is 1. The highest BCUT2D eigenvalue weighted by molar-refractivity contribution is 6.42. The van der Waals surface area contributed by atoms with E-state index in [1.54, 1.807) is 37.4 Å². The lowest BCUT2D eigenvalue weighted by molar-refractivity contribution is -0.131. The molecule has 1 aromatic carbocycles. The molecule has 1 N–H and O–H groups in total. The van der Waals surface area contributed by atoms with E-state index < -0.39 is 17.5 Å². The van der Waals surface area contributed by atoms with Gasteiger partial charge >= 0.3 is 6.03 Å². The van der Waals surface area contributed by atoms with Crippen LogP contribution in [-0.4, -0.2) is 26.2 Å². The molecule has 3 aromatic rings. The molecule has 29 heavy (non-hydrogen) atoms. The molecule has 1 aliphatic rings. The average molecular weight is 431 g/mol. The van der Waals surface area contributed by atoms with Crippen LogP contribution in [0, 0.1) is 6.92 Å². The Kier molecular flexibility index (Phi) is 4.59. The van der Waals surface area contributed by atoms with E-state index in [1.807, 2.05) is 13.0 Å². The number of aryl methyl sites for hydroxylation is 1. The van der Waals surface area contributed by atoms with Crippen LogP contribution in [0.3, 0.4) is 0 Å². The first-order chi connectivity index (χ1) is 13.7. The molecule has 1 unspecified atom stereocenters. The van der Waals surface area contributed by atoms with E-state index in [1.165, 1.54) is 10.5 Å². The number of amides is 3. The first-order valence-electron chi connectivity index (χ1n) is 8.78. The summed E-state index contributed by atoms with van der Waals surface area (Å²) in [5.41, 5.74) is 0.542. The number of hydrogen-bond acceptors (Lipinski definition) is 4. The number of pyridine rings is 1. The summed E-state index contributed by atoms with van der Waals surface area (Å²) in [4.78, 5) is 43.6. The van der Waals surface area contributed by atoms with Gasteiger partial charge in [0.15, 0.2) is 0 Å². The van der Waals surface area contributed by atoms with Gasteiger partial charge in [-0.05, 0) is 43.2 Å². The SMILES string of the molecule is Cc1cccn2c(=O)cc(CN3C(=O)NC(C)(c4ccc(Cl)c(Cl)c4)C3=O)nc12. The molecule has 9 heteroatoms. The molecular weight excluding hydrogens is 415 g/mol. The second-order valence-electron chi connectivity index (χ2n) is 7.05. The van der Waals surface area contributed by atoms with Crippen LogP contribution in [0.5, 0.6) is 0 Å². The zero-order chi connectivity index (χ0) is 20.9. The lowest BCUT2D eigenvalue weighted by Gasteiger charge is -2.22. The number of rotatable bonds is 3. The fourth-order valence-electron chi connectivity index (χ4n) is 3.40. The van der Waals surface area contributed by atoms with Gasteiger partial charge in [0.05, 0.1) is 22.3 Å². The second-order valence-corrected chi connectivity index (χ2v) is 7.86. The van der Waals surface area contributed by atoms with Crippen LogP contribution < -0.4 is 10.9 Å². The normalized spacial score (nSPS) is 19.1. The first-order valence-corrected chi connectivity index (χ1v) is 9.54. The lowest BCUT2D eigenvalue weighted by Crippen LogP contribution is -2.40. The predicted octanol–water partition coefficient (Wildman–Crippen LogP) is 3.28. The number of fused-ring (bicyclic) bond motifs is 1. The Morgan fingerprint density at radius 1 is 1.10 bits per heavy atom. The first kappa shape index (κ1) is 19.4. The maximum absolute atomic E-state index is 13.1. The fraction of sp³-hybridized carbons (Fsp3) is 0.200. The average Bonchev–Trinajstić information content (AvgIpc) is 2.89. The molecule has 7 nitrogen and oxygen atoms in total. The topological polar surface area (TPSA) is 83.8 Å². The summed E-state index contributed by atoms with van der Waals surface area (Å²) in [5, 5.41) is 3.33. The number of carbonyl (C=O) groups is 2. The van der Waals surface area contributed by atoms with Gasteiger partial charge in [0.1, 0.15) is 11.2 Å². The Morgan fingerprint density at radius 3 is 2.59 bits per heavy atom. The van der Waals surface area contributed by atoms with Gasteiger partial charge in [-0.15, -0.1) is 0 Å². The number of aromatic nitrogens is 2. The van der Waals surface area contributed by atoms with Crippen molar-refractivity contribution in [2.24, 2.45) is 0 Å². The molecule has 4 rings (SSSR count). The minimum atomic E-state index is -1.30. The van der Waals surface area contributed by atoms with Crippen LogP contribution in [0.25, 0.3) is 5.65 Å². The van der Waals surface area contributed by atoms with Gasteiger partial charge in [-0.25, -0.2) is 9.78 Å². The van der Waals surface area contributed by atoms with E-state index in [0.717, 1.165) is 10.5 Å². The number of halogens is 2. The Bertz CT molecular complexity index is 1240. The Morgan fingerprint density at radius 2 is 1.86 bits per heavy atom. The molecule has 0 saturated carbocycles. The molecule has 1 fully saturated rings. The third kappa shape index (κ3) is 3.16. The smallest absolute Gasteiger partial charge is 0.319 e. The van der Waals surface area contributed by atoms with Crippen molar-refractivity contribution in [1.29, 1.82) is 0 Å². The van der Waals surface area contributed by atoms with E-state index in [4.69, 9.17) is 23.2 Å². The number of nitrogens with zero attached hydrogens (tertiary/aromatic N) is 3. The van der Waals surface area contributed by atoms with Crippen LogP contribution in [0.15, 0.2) is 47.4 Å². The fourth-order valence-corrected chi connectivity index (χ4v) is 3.69. The predicted molar refractivity (Wildman–Crippen MR) is 109 cm³/mol. The monoisotopic (exact) mass is 430 g/mol. The molecule has 148 valence electrons. The molecule has 0 bridgehead atoms. The minimum Gasteiger partial charge on any atom is -0.319 e. The van der Waals surface area contributed by atoms with Crippen LogP contribution >= 0.6 is 23.2 Å². The van der Waals surface area contributed by atoms with Gasteiger partial charge in [0.2, 0.25) is 0 Å². The molecule has 2 aromatic heterocycles. The van der Waals surface area contributed by atoms with E-state index in [2.05, 4.69) is 10.3 Å². The van der Waals surface area contributed by atoms with Gasteiger partial charge in [-0.3, -0.25) is 18.9 Å². The molecule has 1 atom stereocenters. The zero-order valence-electron chi connectivity index (χ0n) is 15.6. The van der Waals surface area contributed by atoms with Gasteiger partial charge < -0.3 is 5.32 Å². The van der Waals surface area contributed by atoms with Crippen molar-refractivity contribution < 1.29 is 9.59 Å². The maximum Gasteiger partial charge on any atom is 0.325 e. The summed E-state index contributed by atoms with van der Waals surface area (Å²) < 4.78 is 1.42. The maximum atomic E-state index is 13.1. The molecule has 1 saturated heterocycles. The largest absolute Gasteiger partial charge is 0.325 e. The second kappa shape index (κ2) is 6.86. The van der Waals surface area contributed by atoms with Gasteiger partial charge in [0.25, 0.3) is 11.5 Å². The summed E-state index contributed by atoms with van der Waals surface area (Å²) in [6, 6.07) is 9.10. The van der Waals surface area contributed by atoms with Crippen molar-refractivity contribution >= 4 is 40.8 Å². The highest BCUT2D eigenvalue weighted by Gasteiger charge is 2.49. The van der Waals surface area contributed by atoms with E-state index in [0.29, 0.717) is 21.9 Å². The van der Waals surface area contributed by atoms with Crippen molar-refractivity contribution in [2.45, 2.75) is 25.9 Å². The molecule has 1 aliphatic heterocycles. The Balaban J connectivity index is 1.70. The third-order valence-corrected chi connectivity index (χ3v) is 5.77. The number of urea groups is 1. The summed E-state index contributed by atoms with van der Waals surface area (Å²) >= 11 is 12.0. The molecule has 0 radical (unpaired) electrons. The third-order valence-electron chi connectivity index (χ3n) is 5.03. The standard InChI is InChI=1S/C20H16Cl2N4O3/c1-11-4-3-7-25-16(27)9-13(23-17(11)25)10-26-18(28)20(2,24-19(26)29)12-5-6-14(21)15(22)8-12/h3-9H,10H2,1-2H3,(H,24,29). The highest BCUT2D eigenvalue weighted by Crippen LogP contribution is 2.33. The number of hydrogen-bond donors (Lipinski definition) is 1. The van der Waals surface area contributed by atoms with Crippen LogP contribution in [0.2, 0.25) is 10.0 Å². The molecular formula is C20H16Cl2N4O3. The van der Waals surface area contributed by atoms with Crippen molar-refractivity contribution in [3.63, 3.8) is 0 Å².